The topological polar surface area (TPSA) is 59.5 Å². The van der Waals surface area contributed by atoms with E-state index in [0.717, 1.165) is 17.0 Å². The quantitative estimate of drug-likeness (QED) is 0.776. The van der Waals surface area contributed by atoms with Crippen LogP contribution in [-0.4, -0.2) is 41.8 Å². The van der Waals surface area contributed by atoms with E-state index in [4.69, 9.17) is 4.74 Å². The Morgan fingerprint density at radius 1 is 1.12 bits per heavy atom. The number of ketones is 1. The van der Waals surface area contributed by atoms with Gasteiger partial charge in [-0.15, -0.1) is 0 Å². The van der Waals surface area contributed by atoms with Gasteiger partial charge in [0.1, 0.15) is 5.75 Å². The van der Waals surface area contributed by atoms with Crippen LogP contribution in [0.1, 0.15) is 34.5 Å². The predicted octanol–water partition coefficient (Wildman–Crippen LogP) is 3.06. The maximum Gasteiger partial charge on any atom is 0.227 e. The SMILES string of the molecule is COc1ccc(C(=O)C2CCN(C(=O)Cc3ccc(C)nc3)CC2)cc1. The minimum atomic E-state index is -0.0199. The zero-order chi connectivity index (χ0) is 18.5. The first-order valence-corrected chi connectivity index (χ1v) is 8.94. The van der Waals surface area contributed by atoms with E-state index >= 15 is 0 Å². The van der Waals surface area contributed by atoms with Gasteiger partial charge in [-0.05, 0) is 55.7 Å². The van der Waals surface area contributed by atoms with Crippen LogP contribution >= 0.6 is 0 Å². The third-order valence-electron chi connectivity index (χ3n) is 4.92. The molecular weight excluding hydrogens is 328 g/mol. The van der Waals surface area contributed by atoms with Crippen molar-refractivity contribution in [1.82, 2.24) is 9.88 Å². The highest BCUT2D eigenvalue weighted by atomic mass is 16.5. The number of pyridine rings is 1. The van der Waals surface area contributed by atoms with Crippen LogP contribution in [0.4, 0.5) is 0 Å². The lowest BCUT2D eigenvalue weighted by atomic mass is 9.88. The predicted molar refractivity (Wildman–Crippen MR) is 99.3 cm³/mol. The fourth-order valence-electron chi connectivity index (χ4n) is 3.27. The number of hydrogen-bond acceptors (Lipinski definition) is 4. The van der Waals surface area contributed by atoms with Gasteiger partial charge >= 0.3 is 0 Å². The summed E-state index contributed by atoms with van der Waals surface area (Å²) < 4.78 is 5.13. The molecule has 1 amide bonds. The van der Waals surface area contributed by atoms with E-state index in [1.807, 2.05) is 48.2 Å². The molecule has 5 heteroatoms. The number of hydrogen-bond donors (Lipinski definition) is 0. The Bertz CT molecular complexity index is 761. The molecule has 0 atom stereocenters. The van der Waals surface area contributed by atoms with Gasteiger partial charge in [-0.3, -0.25) is 14.6 Å². The standard InChI is InChI=1S/C21H24N2O3/c1-15-3-4-16(14-22-15)13-20(24)23-11-9-18(10-12-23)21(25)17-5-7-19(26-2)8-6-17/h3-8,14,18H,9-13H2,1-2H3. The summed E-state index contributed by atoms with van der Waals surface area (Å²) in [6.07, 6.45) is 3.54. The highest BCUT2D eigenvalue weighted by Crippen LogP contribution is 2.23. The van der Waals surface area contributed by atoms with Gasteiger partial charge < -0.3 is 9.64 Å². The average Bonchev–Trinajstić information content (AvgIpc) is 2.69. The number of carbonyl (C=O) groups is 2. The van der Waals surface area contributed by atoms with E-state index in [2.05, 4.69) is 4.98 Å². The lowest BCUT2D eigenvalue weighted by molar-refractivity contribution is -0.131. The van der Waals surface area contributed by atoms with Crippen molar-refractivity contribution in [2.45, 2.75) is 26.2 Å². The normalized spacial score (nSPS) is 14.9. The van der Waals surface area contributed by atoms with Gasteiger partial charge in [-0.1, -0.05) is 6.07 Å². The Morgan fingerprint density at radius 2 is 1.81 bits per heavy atom. The zero-order valence-electron chi connectivity index (χ0n) is 15.3. The molecule has 0 spiro atoms. The van der Waals surface area contributed by atoms with Crippen molar-refractivity contribution in [2.75, 3.05) is 20.2 Å². The summed E-state index contributed by atoms with van der Waals surface area (Å²) in [6.45, 7) is 3.19. The minimum absolute atomic E-state index is 0.0199. The molecular formula is C21H24N2O3. The Labute approximate surface area is 154 Å². The van der Waals surface area contributed by atoms with Gasteiger partial charge in [0.05, 0.1) is 13.5 Å². The molecule has 2 heterocycles. The Kier molecular flexibility index (Phi) is 5.66. The number of rotatable bonds is 5. The fraction of sp³-hybridized carbons (Fsp3) is 0.381. The first kappa shape index (κ1) is 18.1. The summed E-state index contributed by atoms with van der Waals surface area (Å²) in [5.74, 6) is 0.981. The van der Waals surface area contributed by atoms with E-state index in [1.54, 1.807) is 13.3 Å². The molecule has 2 aromatic rings. The lowest BCUT2D eigenvalue weighted by Gasteiger charge is -2.31. The zero-order valence-corrected chi connectivity index (χ0v) is 15.3. The maximum atomic E-state index is 12.6. The molecule has 26 heavy (non-hydrogen) atoms. The fourth-order valence-corrected chi connectivity index (χ4v) is 3.27. The number of benzene rings is 1. The van der Waals surface area contributed by atoms with Crippen LogP contribution in [0.5, 0.6) is 5.75 Å². The number of aryl methyl sites for hydroxylation is 1. The Hall–Kier alpha value is -2.69. The number of amides is 1. The van der Waals surface area contributed by atoms with Crippen molar-refractivity contribution in [3.05, 3.63) is 59.4 Å². The van der Waals surface area contributed by atoms with Crippen LogP contribution < -0.4 is 4.74 Å². The molecule has 0 saturated carbocycles. The van der Waals surface area contributed by atoms with Crippen LogP contribution in [0.3, 0.4) is 0 Å². The van der Waals surface area contributed by atoms with Gasteiger partial charge in [0.15, 0.2) is 5.78 Å². The molecule has 0 aliphatic carbocycles. The number of Topliss-reactive ketones (excluding diaryl/α,β-unsaturated/α-hetero) is 1. The largest absolute Gasteiger partial charge is 0.497 e. The molecule has 5 nitrogen and oxygen atoms in total. The summed E-state index contributed by atoms with van der Waals surface area (Å²) in [5.41, 5.74) is 2.58. The molecule has 0 unspecified atom stereocenters. The molecule has 1 saturated heterocycles. The Balaban J connectivity index is 1.53. The van der Waals surface area contributed by atoms with Gasteiger partial charge in [-0.25, -0.2) is 0 Å². The highest BCUT2D eigenvalue weighted by Gasteiger charge is 2.27. The third-order valence-corrected chi connectivity index (χ3v) is 4.92. The smallest absolute Gasteiger partial charge is 0.227 e. The molecule has 1 aromatic carbocycles. The highest BCUT2D eigenvalue weighted by molar-refractivity contribution is 5.98. The van der Waals surface area contributed by atoms with Crippen molar-refractivity contribution >= 4 is 11.7 Å². The molecule has 1 aliphatic rings. The van der Waals surface area contributed by atoms with Gasteiger partial charge in [0.2, 0.25) is 5.91 Å². The van der Waals surface area contributed by atoms with E-state index in [-0.39, 0.29) is 17.6 Å². The van der Waals surface area contributed by atoms with Gasteiger partial charge in [-0.2, -0.15) is 0 Å². The maximum absolute atomic E-state index is 12.6. The number of carbonyl (C=O) groups excluding carboxylic acids is 2. The minimum Gasteiger partial charge on any atom is -0.497 e. The van der Waals surface area contributed by atoms with Crippen molar-refractivity contribution in [3.63, 3.8) is 0 Å². The molecule has 1 fully saturated rings. The Morgan fingerprint density at radius 3 is 2.38 bits per heavy atom. The van der Waals surface area contributed by atoms with Crippen molar-refractivity contribution in [1.29, 1.82) is 0 Å². The number of methoxy groups -OCH3 is 1. The molecule has 0 N–H and O–H groups in total. The molecule has 0 radical (unpaired) electrons. The van der Waals surface area contributed by atoms with Gasteiger partial charge in [0.25, 0.3) is 0 Å². The first-order valence-electron chi connectivity index (χ1n) is 8.94. The second kappa shape index (κ2) is 8.13. The van der Waals surface area contributed by atoms with E-state index in [1.165, 1.54) is 0 Å². The number of ether oxygens (including phenoxy) is 1. The summed E-state index contributed by atoms with van der Waals surface area (Å²) >= 11 is 0. The van der Waals surface area contributed by atoms with E-state index in [0.29, 0.717) is 37.9 Å². The second-order valence-corrected chi connectivity index (χ2v) is 6.73. The van der Waals surface area contributed by atoms with Crippen molar-refractivity contribution in [2.24, 2.45) is 5.92 Å². The van der Waals surface area contributed by atoms with Crippen LogP contribution in [-0.2, 0) is 11.2 Å². The monoisotopic (exact) mass is 352 g/mol. The molecule has 1 aliphatic heterocycles. The van der Waals surface area contributed by atoms with Crippen molar-refractivity contribution < 1.29 is 14.3 Å². The molecule has 3 rings (SSSR count). The summed E-state index contributed by atoms with van der Waals surface area (Å²) in [4.78, 5) is 31.2. The van der Waals surface area contributed by atoms with Gasteiger partial charge in [0, 0.05) is 36.5 Å². The number of likely N-dealkylation sites (tertiary alicyclic amines) is 1. The van der Waals surface area contributed by atoms with E-state index in [9.17, 15) is 9.59 Å². The van der Waals surface area contributed by atoms with Crippen LogP contribution in [0.25, 0.3) is 0 Å². The molecule has 0 bridgehead atoms. The molecule has 136 valence electrons. The third kappa shape index (κ3) is 4.28. The van der Waals surface area contributed by atoms with Crippen LogP contribution in [0.15, 0.2) is 42.6 Å². The van der Waals surface area contributed by atoms with E-state index < -0.39 is 0 Å². The number of nitrogens with zero attached hydrogens (tertiary/aromatic N) is 2. The van der Waals surface area contributed by atoms with Crippen LogP contribution in [0, 0.1) is 12.8 Å². The number of aromatic nitrogens is 1. The number of piperidine rings is 1. The second-order valence-electron chi connectivity index (χ2n) is 6.73. The first-order chi connectivity index (χ1) is 12.6. The molecule has 1 aromatic heterocycles. The lowest BCUT2D eigenvalue weighted by Crippen LogP contribution is -2.41. The average molecular weight is 352 g/mol. The summed E-state index contributed by atoms with van der Waals surface area (Å²) in [5, 5.41) is 0. The summed E-state index contributed by atoms with van der Waals surface area (Å²) in [6, 6.07) is 11.1. The summed E-state index contributed by atoms with van der Waals surface area (Å²) in [7, 11) is 1.61. The van der Waals surface area contributed by atoms with Crippen molar-refractivity contribution in [3.8, 4) is 5.75 Å². The van der Waals surface area contributed by atoms with Crippen LogP contribution in [0.2, 0.25) is 0 Å².